The van der Waals surface area contributed by atoms with Crippen molar-refractivity contribution in [2.45, 2.75) is 18.9 Å². The Balaban J connectivity index is 2.14. The Morgan fingerprint density at radius 1 is 1.44 bits per heavy atom. The molecule has 0 aromatic heterocycles. The van der Waals surface area contributed by atoms with Crippen LogP contribution in [0.5, 0.6) is 5.75 Å². The van der Waals surface area contributed by atoms with Crippen LogP contribution in [0.15, 0.2) is 22.7 Å². The van der Waals surface area contributed by atoms with Gasteiger partial charge in [-0.25, -0.2) is 0 Å². The van der Waals surface area contributed by atoms with E-state index >= 15 is 0 Å². The van der Waals surface area contributed by atoms with E-state index in [4.69, 9.17) is 4.74 Å². The summed E-state index contributed by atoms with van der Waals surface area (Å²) in [5.74, 6) is -0.139. The summed E-state index contributed by atoms with van der Waals surface area (Å²) in [6.07, 6.45) is 1.69. The van der Waals surface area contributed by atoms with Crippen molar-refractivity contribution >= 4 is 21.8 Å². The van der Waals surface area contributed by atoms with Gasteiger partial charge in [0, 0.05) is 30.8 Å². The van der Waals surface area contributed by atoms with E-state index in [1.165, 1.54) is 6.07 Å². The largest absolute Gasteiger partial charge is 0.507 e. The standard InChI is InChI=1S/C13H16BrNO3/c1-15(10-4-6-18-7-5-10)13(17)11-3-2-9(14)8-12(11)16/h2-3,8,10,16H,4-7H2,1H3. The number of benzene rings is 1. The van der Waals surface area contributed by atoms with Crippen LogP contribution in [0.25, 0.3) is 0 Å². The fraction of sp³-hybridized carbons (Fsp3) is 0.462. The number of phenolic OH excluding ortho intramolecular Hbond substituents is 1. The molecule has 1 amide bonds. The van der Waals surface area contributed by atoms with Crippen LogP contribution < -0.4 is 0 Å². The number of aromatic hydroxyl groups is 1. The fourth-order valence-electron chi connectivity index (χ4n) is 2.11. The monoisotopic (exact) mass is 313 g/mol. The number of nitrogens with zero attached hydrogens (tertiary/aromatic N) is 1. The SMILES string of the molecule is CN(C(=O)c1ccc(Br)cc1O)C1CCOCC1. The summed E-state index contributed by atoms with van der Waals surface area (Å²) in [6.45, 7) is 1.38. The van der Waals surface area contributed by atoms with E-state index in [0.717, 1.165) is 17.3 Å². The van der Waals surface area contributed by atoms with E-state index in [2.05, 4.69) is 15.9 Å². The van der Waals surface area contributed by atoms with Crippen LogP contribution in [0.2, 0.25) is 0 Å². The Morgan fingerprint density at radius 2 is 2.11 bits per heavy atom. The summed E-state index contributed by atoms with van der Waals surface area (Å²) in [4.78, 5) is 14.0. The first-order valence-corrected chi connectivity index (χ1v) is 6.72. The van der Waals surface area contributed by atoms with Crippen molar-refractivity contribution in [2.24, 2.45) is 0 Å². The highest BCUT2D eigenvalue weighted by Crippen LogP contribution is 2.25. The topological polar surface area (TPSA) is 49.8 Å². The smallest absolute Gasteiger partial charge is 0.257 e. The van der Waals surface area contributed by atoms with Crippen molar-refractivity contribution in [1.82, 2.24) is 4.90 Å². The van der Waals surface area contributed by atoms with Crippen molar-refractivity contribution in [1.29, 1.82) is 0 Å². The summed E-state index contributed by atoms with van der Waals surface area (Å²) in [5.41, 5.74) is 0.340. The van der Waals surface area contributed by atoms with Gasteiger partial charge in [0.25, 0.3) is 5.91 Å². The van der Waals surface area contributed by atoms with Gasteiger partial charge in [-0.3, -0.25) is 4.79 Å². The van der Waals surface area contributed by atoms with Gasteiger partial charge in [0.15, 0.2) is 0 Å². The normalized spacial score (nSPS) is 16.6. The maximum absolute atomic E-state index is 12.3. The van der Waals surface area contributed by atoms with E-state index in [1.807, 2.05) is 0 Å². The molecule has 1 saturated heterocycles. The molecule has 1 aliphatic heterocycles. The molecule has 0 spiro atoms. The van der Waals surface area contributed by atoms with Gasteiger partial charge in [0.1, 0.15) is 5.75 Å². The lowest BCUT2D eigenvalue weighted by Gasteiger charge is -2.31. The quantitative estimate of drug-likeness (QED) is 0.912. The molecule has 0 unspecified atom stereocenters. The van der Waals surface area contributed by atoms with Gasteiger partial charge in [-0.2, -0.15) is 0 Å². The molecule has 1 heterocycles. The third kappa shape index (κ3) is 2.84. The van der Waals surface area contributed by atoms with E-state index in [-0.39, 0.29) is 17.7 Å². The van der Waals surface area contributed by atoms with Gasteiger partial charge in [0.2, 0.25) is 0 Å². The van der Waals surface area contributed by atoms with Crippen LogP contribution in [0.3, 0.4) is 0 Å². The van der Waals surface area contributed by atoms with Crippen molar-refractivity contribution in [3.8, 4) is 5.75 Å². The molecule has 1 fully saturated rings. The van der Waals surface area contributed by atoms with Crippen LogP contribution in [0.4, 0.5) is 0 Å². The average Bonchev–Trinajstić information content (AvgIpc) is 2.38. The van der Waals surface area contributed by atoms with Crippen molar-refractivity contribution in [3.05, 3.63) is 28.2 Å². The van der Waals surface area contributed by atoms with Gasteiger partial charge in [-0.15, -0.1) is 0 Å². The molecule has 4 nitrogen and oxygen atoms in total. The maximum Gasteiger partial charge on any atom is 0.257 e. The van der Waals surface area contributed by atoms with Crippen molar-refractivity contribution < 1.29 is 14.6 Å². The summed E-state index contributed by atoms with van der Waals surface area (Å²) in [6, 6.07) is 5.11. The Kier molecular flexibility index (Phi) is 4.24. The summed E-state index contributed by atoms with van der Waals surface area (Å²) in [5, 5.41) is 9.81. The molecular formula is C13H16BrNO3. The van der Waals surface area contributed by atoms with E-state index < -0.39 is 0 Å². The molecule has 0 saturated carbocycles. The van der Waals surface area contributed by atoms with Crippen LogP contribution in [0.1, 0.15) is 23.2 Å². The lowest BCUT2D eigenvalue weighted by atomic mass is 10.1. The highest BCUT2D eigenvalue weighted by molar-refractivity contribution is 9.10. The first kappa shape index (κ1) is 13.4. The summed E-state index contributed by atoms with van der Waals surface area (Å²) >= 11 is 3.26. The number of hydrogen-bond acceptors (Lipinski definition) is 3. The van der Waals surface area contributed by atoms with E-state index in [9.17, 15) is 9.90 Å². The van der Waals surface area contributed by atoms with Gasteiger partial charge in [0.05, 0.1) is 5.56 Å². The molecule has 18 heavy (non-hydrogen) atoms. The molecule has 2 rings (SSSR count). The third-order valence-corrected chi connectivity index (χ3v) is 3.74. The predicted octanol–water partition coefficient (Wildman–Crippen LogP) is 2.41. The van der Waals surface area contributed by atoms with Gasteiger partial charge in [-0.05, 0) is 31.0 Å². The second kappa shape index (κ2) is 5.71. The van der Waals surface area contributed by atoms with Crippen LogP contribution in [-0.2, 0) is 4.74 Å². The minimum atomic E-state index is -0.146. The van der Waals surface area contributed by atoms with Gasteiger partial charge >= 0.3 is 0 Å². The number of hydrogen-bond donors (Lipinski definition) is 1. The molecule has 1 aromatic rings. The third-order valence-electron chi connectivity index (χ3n) is 3.25. The zero-order valence-corrected chi connectivity index (χ0v) is 11.8. The highest BCUT2D eigenvalue weighted by Gasteiger charge is 2.24. The molecule has 0 bridgehead atoms. The molecule has 1 aromatic carbocycles. The first-order valence-electron chi connectivity index (χ1n) is 5.93. The molecule has 98 valence electrons. The number of amides is 1. The van der Waals surface area contributed by atoms with E-state index in [1.54, 1.807) is 24.1 Å². The molecule has 0 radical (unpaired) electrons. The molecule has 0 atom stereocenters. The molecule has 1 N–H and O–H groups in total. The minimum absolute atomic E-state index is 0.00767. The molecule has 5 heteroatoms. The minimum Gasteiger partial charge on any atom is -0.507 e. The zero-order chi connectivity index (χ0) is 13.1. The van der Waals surface area contributed by atoms with Gasteiger partial charge < -0.3 is 14.7 Å². The highest BCUT2D eigenvalue weighted by atomic mass is 79.9. The van der Waals surface area contributed by atoms with Crippen molar-refractivity contribution in [2.75, 3.05) is 20.3 Å². The zero-order valence-electron chi connectivity index (χ0n) is 10.2. The Morgan fingerprint density at radius 3 is 2.72 bits per heavy atom. The second-order valence-corrected chi connectivity index (χ2v) is 5.34. The number of carbonyl (C=O) groups excluding carboxylic acids is 1. The maximum atomic E-state index is 12.3. The number of rotatable bonds is 2. The lowest BCUT2D eigenvalue weighted by molar-refractivity contribution is 0.0360. The first-order chi connectivity index (χ1) is 8.59. The van der Waals surface area contributed by atoms with Crippen LogP contribution >= 0.6 is 15.9 Å². The Labute approximate surface area is 115 Å². The predicted molar refractivity (Wildman–Crippen MR) is 71.7 cm³/mol. The summed E-state index contributed by atoms with van der Waals surface area (Å²) in [7, 11) is 1.78. The molecule has 1 aliphatic rings. The number of halogens is 1. The molecular weight excluding hydrogens is 298 g/mol. The molecule has 0 aliphatic carbocycles. The van der Waals surface area contributed by atoms with Crippen LogP contribution in [0, 0.1) is 0 Å². The van der Waals surface area contributed by atoms with Crippen LogP contribution in [-0.4, -0.2) is 42.2 Å². The second-order valence-electron chi connectivity index (χ2n) is 4.42. The Bertz CT molecular complexity index is 444. The van der Waals surface area contributed by atoms with Gasteiger partial charge in [-0.1, -0.05) is 15.9 Å². The average molecular weight is 314 g/mol. The van der Waals surface area contributed by atoms with E-state index in [0.29, 0.717) is 18.8 Å². The Hall–Kier alpha value is -1.07. The number of carbonyl (C=O) groups is 1. The number of phenols is 1. The number of ether oxygens (including phenoxy) is 1. The lowest BCUT2D eigenvalue weighted by Crippen LogP contribution is -2.40. The van der Waals surface area contributed by atoms with Crippen molar-refractivity contribution in [3.63, 3.8) is 0 Å². The summed E-state index contributed by atoms with van der Waals surface area (Å²) < 4.78 is 6.04. The fourth-order valence-corrected chi connectivity index (χ4v) is 2.46.